The Bertz CT molecular complexity index is 2520. The number of thioether (sulfide) groups is 1. The monoisotopic (exact) mass is 1020 g/mol. The van der Waals surface area contributed by atoms with Gasteiger partial charge < -0.3 is 40.9 Å². The first-order valence-corrected chi connectivity index (χ1v) is 26.3. The Kier molecular flexibility index (Phi) is 16.2. The molecule has 4 fully saturated rings. The number of benzene rings is 2. The second kappa shape index (κ2) is 22.1. The van der Waals surface area contributed by atoms with E-state index >= 15 is 4.39 Å². The van der Waals surface area contributed by atoms with E-state index in [2.05, 4.69) is 41.1 Å². The molecule has 4 aliphatic rings. The number of hydrogen-bond acceptors (Lipinski definition) is 14. The molecule has 2 aliphatic carbocycles. The maximum Gasteiger partial charge on any atom is 0.258 e. The van der Waals surface area contributed by atoms with Gasteiger partial charge in [-0.25, -0.2) is 14.4 Å². The molecule has 4 heterocycles. The van der Waals surface area contributed by atoms with E-state index in [0.29, 0.717) is 58.7 Å². The van der Waals surface area contributed by atoms with Crippen molar-refractivity contribution in [3.05, 3.63) is 76.0 Å². The number of β-amino-alcohol motifs (C(OH)–C–C–N with tert-alkyl or cyclic N) is 1. The summed E-state index contributed by atoms with van der Waals surface area (Å²) in [5, 5.41) is 23.0. The highest BCUT2D eigenvalue weighted by Gasteiger charge is 2.54. The van der Waals surface area contributed by atoms with Crippen LogP contribution in [0.5, 0.6) is 5.75 Å². The van der Waals surface area contributed by atoms with Crippen molar-refractivity contribution in [2.24, 2.45) is 11.8 Å². The van der Waals surface area contributed by atoms with Gasteiger partial charge in [-0.2, -0.15) is 16.7 Å². The van der Waals surface area contributed by atoms with Gasteiger partial charge in [0, 0.05) is 69.6 Å². The SMILES string of the molecule is CNc1nc(Nc2ccc(C(=O)N3CCN(C[C@@H]4CCC[C@@H](CSC(C)(C)[C@H](NC(=O)C5(F)CC5)C(=O)N5C[C@H](O)CC5C(=O)NCc5ccc(-c6scnc6C)cc5)C4)CC3)cc2OC)ncc1Cl. The minimum absolute atomic E-state index is 0.0551. The molecular weight excluding hydrogens is 955 g/mol. The smallest absolute Gasteiger partial charge is 0.258 e. The van der Waals surface area contributed by atoms with Crippen molar-refractivity contribution in [3.8, 4) is 16.2 Å². The number of methoxy groups -OCH3 is 1. The standard InChI is InChI=1S/C50H64ClFN10O6S2/c1-30-41(69-29-56-30)34-11-9-31(10-12-34)24-54-44(64)39-23-36(63)27-62(39)46(66)42(58-47(67)50(52)15-16-50)49(2,3)70-28-33-8-6-7-32(21-33)26-60-17-19-61(20-18-60)45(65)35-13-14-38(40(22-35)68-5)57-48-55-25-37(51)43(53-4)59-48/h9-14,22,25,29,32-33,36,39,42,63H,6-8,15-21,23-24,26-28H2,1-5H3,(H,54,64)(H,58,67)(H2,53,55,57,59)/t32-,33-,36-,39?,42-/m1/s1. The van der Waals surface area contributed by atoms with E-state index in [-0.39, 0.29) is 38.3 Å². The lowest BCUT2D eigenvalue weighted by Gasteiger charge is -2.40. The number of halogens is 2. The molecule has 70 heavy (non-hydrogen) atoms. The number of aromatic nitrogens is 3. The van der Waals surface area contributed by atoms with E-state index in [0.717, 1.165) is 72.8 Å². The molecule has 2 saturated heterocycles. The van der Waals surface area contributed by atoms with Crippen LogP contribution in [0, 0.1) is 18.8 Å². The van der Waals surface area contributed by atoms with Gasteiger partial charge in [-0.1, -0.05) is 42.3 Å². The Morgan fingerprint density at radius 3 is 2.47 bits per heavy atom. The summed E-state index contributed by atoms with van der Waals surface area (Å²) >= 11 is 9.30. The number of aliphatic hydroxyl groups excluding tert-OH is 1. The van der Waals surface area contributed by atoms with Crippen LogP contribution in [0.1, 0.15) is 80.4 Å². The van der Waals surface area contributed by atoms with Gasteiger partial charge in [0.15, 0.2) is 5.67 Å². The van der Waals surface area contributed by atoms with Crippen LogP contribution < -0.4 is 26.0 Å². The summed E-state index contributed by atoms with van der Waals surface area (Å²) in [6.07, 6.45) is 5.05. The minimum atomic E-state index is -2.01. The highest BCUT2D eigenvalue weighted by atomic mass is 35.5. The van der Waals surface area contributed by atoms with Crippen molar-refractivity contribution in [2.75, 3.05) is 69.8 Å². The number of carbonyl (C=O) groups excluding carboxylic acids is 4. The number of nitrogens with zero attached hydrogens (tertiary/aromatic N) is 6. The lowest BCUT2D eigenvalue weighted by atomic mass is 9.82. The first kappa shape index (κ1) is 51.3. The molecule has 5 atom stereocenters. The zero-order valence-corrected chi connectivity index (χ0v) is 42.8. The number of aryl methyl sites for hydroxylation is 1. The van der Waals surface area contributed by atoms with E-state index in [9.17, 15) is 24.3 Å². The Labute approximate surface area is 422 Å². The predicted octanol–water partition coefficient (Wildman–Crippen LogP) is 6.70. The normalized spacial score (nSPS) is 21.7. The molecule has 5 N–H and O–H groups in total. The molecule has 2 aromatic heterocycles. The van der Waals surface area contributed by atoms with Gasteiger partial charge in [-0.15, -0.1) is 11.3 Å². The molecule has 20 heteroatoms. The quantitative estimate of drug-likeness (QED) is 0.0708. The number of ether oxygens (including phenoxy) is 1. The Morgan fingerprint density at radius 2 is 1.79 bits per heavy atom. The summed E-state index contributed by atoms with van der Waals surface area (Å²) in [6, 6.07) is 11.1. The summed E-state index contributed by atoms with van der Waals surface area (Å²) < 4.78 is 20.0. The first-order chi connectivity index (χ1) is 33.5. The second-order valence-corrected chi connectivity index (χ2v) is 22.5. The number of thiazole rings is 1. The number of aliphatic hydroxyl groups is 1. The summed E-state index contributed by atoms with van der Waals surface area (Å²) in [7, 11) is 3.27. The van der Waals surface area contributed by atoms with Crippen LogP contribution >= 0.6 is 34.7 Å². The molecular formula is C50H64ClFN10O6S2. The summed E-state index contributed by atoms with van der Waals surface area (Å²) in [6.45, 7) is 9.58. The number of hydrogen-bond donors (Lipinski definition) is 5. The van der Waals surface area contributed by atoms with Gasteiger partial charge in [0.05, 0.1) is 41.2 Å². The number of carbonyl (C=O) groups is 4. The number of rotatable bonds is 18. The molecule has 4 amide bonds. The van der Waals surface area contributed by atoms with Crippen molar-refractivity contribution in [2.45, 2.75) is 101 Å². The number of alkyl halides is 1. The number of anilines is 3. The van der Waals surface area contributed by atoms with Crippen LogP contribution in [0.4, 0.5) is 21.8 Å². The van der Waals surface area contributed by atoms with E-state index < -0.39 is 46.3 Å². The summed E-state index contributed by atoms with van der Waals surface area (Å²) in [4.78, 5) is 75.1. The van der Waals surface area contributed by atoms with Crippen LogP contribution in [0.15, 0.2) is 54.2 Å². The molecule has 376 valence electrons. The van der Waals surface area contributed by atoms with E-state index in [1.165, 1.54) is 11.1 Å². The van der Waals surface area contributed by atoms with Gasteiger partial charge in [0.25, 0.3) is 11.8 Å². The number of piperazine rings is 1. The third-order valence-corrected chi connectivity index (χ3v) is 16.9. The number of amides is 4. The largest absolute Gasteiger partial charge is 0.495 e. The zero-order chi connectivity index (χ0) is 49.7. The van der Waals surface area contributed by atoms with Gasteiger partial charge in [0.1, 0.15) is 28.7 Å². The summed E-state index contributed by atoms with van der Waals surface area (Å²) in [5.41, 5.74) is 3.81. The van der Waals surface area contributed by atoms with Gasteiger partial charge in [-0.3, -0.25) is 24.1 Å². The zero-order valence-electron chi connectivity index (χ0n) is 40.4. The van der Waals surface area contributed by atoms with Crippen LogP contribution in [0.3, 0.4) is 0 Å². The fourth-order valence-corrected chi connectivity index (χ4v) is 12.0. The highest BCUT2D eigenvalue weighted by molar-refractivity contribution is 8.00. The van der Waals surface area contributed by atoms with Gasteiger partial charge in [-0.05, 0) is 99.8 Å². The molecule has 2 aliphatic heterocycles. The van der Waals surface area contributed by atoms with Crippen LogP contribution in [-0.4, -0.2) is 146 Å². The fourth-order valence-electron chi connectivity index (χ4n) is 9.73. The predicted molar refractivity (Wildman–Crippen MR) is 272 cm³/mol. The van der Waals surface area contributed by atoms with Crippen LogP contribution in [0.25, 0.3) is 10.4 Å². The van der Waals surface area contributed by atoms with Gasteiger partial charge in [0.2, 0.25) is 17.8 Å². The molecule has 2 saturated carbocycles. The molecule has 16 nitrogen and oxygen atoms in total. The maximum absolute atomic E-state index is 15.2. The topological polar surface area (TPSA) is 194 Å². The number of nitrogens with one attached hydrogen (secondary N) is 4. The third kappa shape index (κ3) is 12.1. The van der Waals surface area contributed by atoms with E-state index in [4.69, 9.17) is 16.3 Å². The Hall–Kier alpha value is -5.08. The average Bonchev–Trinajstić information content (AvgIpc) is 3.77. The average molecular weight is 1020 g/mol. The van der Waals surface area contributed by atoms with Crippen LogP contribution in [0.2, 0.25) is 5.02 Å². The third-order valence-electron chi connectivity index (χ3n) is 14.0. The van der Waals surface area contributed by atoms with E-state index in [1.807, 2.05) is 55.4 Å². The Balaban J connectivity index is 0.837. The summed E-state index contributed by atoms with van der Waals surface area (Å²) in [5.74, 6) is 1.09. The fraction of sp³-hybridized carbons (Fsp3) is 0.540. The van der Waals surface area contributed by atoms with Crippen LogP contribution in [-0.2, 0) is 20.9 Å². The van der Waals surface area contributed by atoms with Crippen molar-refractivity contribution in [1.82, 2.24) is 40.3 Å². The molecule has 0 spiro atoms. The van der Waals surface area contributed by atoms with Crippen molar-refractivity contribution >= 4 is 75.8 Å². The molecule has 0 radical (unpaired) electrons. The Morgan fingerprint density at radius 1 is 1.04 bits per heavy atom. The first-order valence-electron chi connectivity index (χ1n) is 24.1. The lowest BCUT2D eigenvalue weighted by Crippen LogP contribution is -2.61. The molecule has 2 aromatic carbocycles. The molecule has 4 aromatic rings. The minimum Gasteiger partial charge on any atom is -0.495 e. The maximum atomic E-state index is 15.2. The van der Waals surface area contributed by atoms with Crippen molar-refractivity contribution in [3.63, 3.8) is 0 Å². The van der Waals surface area contributed by atoms with Crippen molar-refractivity contribution in [1.29, 1.82) is 0 Å². The highest BCUT2D eigenvalue weighted by Crippen LogP contribution is 2.42. The number of likely N-dealkylation sites (tertiary alicyclic amines) is 1. The van der Waals surface area contributed by atoms with E-state index in [1.54, 1.807) is 55.5 Å². The molecule has 8 rings (SSSR count). The second-order valence-electron chi connectivity index (χ2n) is 19.5. The molecule has 0 bridgehead atoms. The van der Waals surface area contributed by atoms with Crippen molar-refractivity contribution < 1.29 is 33.4 Å². The van der Waals surface area contributed by atoms with Gasteiger partial charge >= 0.3 is 0 Å². The lowest BCUT2D eigenvalue weighted by molar-refractivity contribution is -0.143. The molecule has 1 unspecified atom stereocenters.